The predicted molar refractivity (Wildman–Crippen MR) is 109 cm³/mol. The Labute approximate surface area is 169 Å². The van der Waals surface area contributed by atoms with Crippen LogP contribution >= 0.6 is 11.6 Å². The molecule has 2 heterocycles. The van der Waals surface area contributed by atoms with Crippen molar-refractivity contribution in [2.24, 2.45) is 4.99 Å². The van der Waals surface area contributed by atoms with Gasteiger partial charge in [0.15, 0.2) is 5.96 Å². The van der Waals surface area contributed by atoms with Crippen molar-refractivity contribution in [1.29, 1.82) is 0 Å². The van der Waals surface area contributed by atoms with E-state index in [2.05, 4.69) is 25.5 Å². The molecule has 1 aromatic carbocycles. The van der Waals surface area contributed by atoms with Crippen LogP contribution in [0.4, 0.5) is 4.39 Å². The van der Waals surface area contributed by atoms with E-state index >= 15 is 0 Å². The number of nitrogens with one attached hydrogen (secondary N) is 2. The molecule has 8 heteroatoms. The highest BCUT2D eigenvalue weighted by Gasteiger charge is 2.23. The fraction of sp³-hybridized carbons (Fsp3) is 0.400. The minimum absolute atomic E-state index is 0.0975. The van der Waals surface area contributed by atoms with Crippen LogP contribution in [0.3, 0.4) is 0 Å². The average molecular weight is 406 g/mol. The summed E-state index contributed by atoms with van der Waals surface area (Å²) in [5.74, 6) is 0.460. The van der Waals surface area contributed by atoms with Gasteiger partial charge < -0.3 is 15.4 Å². The smallest absolute Gasteiger partial charge is 0.191 e. The van der Waals surface area contributed by atoms with Crippen molar-refractivity contribution < 1.29 is 9.13 Å². The number of aliphatic imine (C=N–C) groups is 1. The molecular formula is C20H25ClFN5O. The molecule has 1 fully saturated rings. The molecule has 3 rings (SSSR count). The van der Waals surface area contributed by atoms with Crippen LogP contribution < -0.4 is 10.6 Å². The molecular weight excluding hydrogens is 381 g/mol. The molecule has 2 N–H and O–H groups in total. The van der Waals surface area contributed by atoms with Crippen molar-refractivity contribution in [2.75, 3.05) is 39.9 Å². The van der Waals surface area contributed by atoms with Crippen LogP contribution in [0.5, 0.6) is 0 Å². The van der Waals surface area contributed by atoms with Crippen LogP contribution in [-0.2, 0) is 11.3 Å². The average Bonchev–Trinajstić information content (AvgIpc) is 2.73. The normalized spacial score (nSPS) is 16.6. The fourth-order valence-corrected chi connectivity index (χ4v) is 3.25. The summed E-state index contributed by atoms with van der Waals surface area (Å²) in [7, 11) is 1.73. The lowest BCUT2D eigenvalue weighted by molar-refractivity contribution is 0.0170. The van der Waals surface area contributed by atoms with Crippen molar-refractivity contribution in [3.05, 3.63) is 64.7 Å². The number of rotatable bonds is 6. The van der Waals surface area contributed by atoms with Crippen LogP contribution in [0.2, 0.25) is 5.15 Å². The molecule has 1 aromatic heterocycles. The first-order chi connectivity index (χ1) is 13.7. The Hall–Kier alpha value is -2.22. The van der Waals surface area contributed by atoms with E-state index in [1.807, 2.05) is 18.2 Å². The number of halogens is 2. The lowest BCUT2D eigenvalue weighted by Gasteiger charge is -2.35. The Morgan fingerprint density at radius 3 is 2.61 bits per heavy atom. The number of guanidine groups is 1. The zero-order valence-electron chi connectivity index (χ0n) is 15.9. The zero-order valence-corrected chi connectivity index (χ0v) is 16.6. The molecule has 0 amide bonds. The molecule has 2 aromatic rings. The van der Waals surface area contributed by atoms with Gasteiger partial charge in [-0.15, -0.1) is 0 Å². The van der Waals surface area contributed by atoms with Crippen molar-refractivity contribution in [3.63, 3.8) is 0 Å². The Morgan fingerprint density at radius 1 is 1.21 bits per heavy atom. The largest absolute Gasteiger partial charge is 0.379 e. The predicted octanol–water partition coefficient (Wildman–Crippen LogP) is 2.61. The van der Waals surface area contributed by atoms with E-state index in [4.69, 9.17) is 16.3 Å². The second-order valence-corrected chi connectivity index (χ2v) is 6.90. The Balaban J connectivity index is 1.62. The van der Waals surface area contributed by atoms with Gasteiger partial charge >= 0.3 is 0 Å². The molecule has 1 atom stereocenters. The van der Waals surface area contributed by atoms with E-state index in [1.165, 1.54) is 12.1 Å². The summed E-state index contributed by atoms with van der Waals surface area (Å²) >= 11 is 5.82. The number of aromatic nitrogens is 1. The Kier molecular flexibility index (Phi) is 7.59. The van der Waals surface area contributed by atoms with Gasteiger partial charge in [-0.2, -0.15) is 0 Å². The number of nitrogens with zero attached hydrogens (tertiary/aromatic N) is 3. The molecule has 1 aliphatic rings. The van der Waals surface area contributed by atoms with E-state index in [0.29, 0.717) is 37.4 Å². The van der Waals surface area contributed by atoms with Gasteiger partial charge in [0.2, 0.25) is 0 Å². The third kappa shape index (κ3) is 5.89. The molecule has 6 nitrogen and oxygen atoms in total. The van der Waals surface area contributed by atoms with Crippen LogP contribution in [0.1, 0.15) is 17.2 Å². The third-order valence-electron chi connectivity index (χ3n) is 4.68. The highest BCUT2D eigenvalue weighted by atomic mass is 35.5. The van der Waals surface area contributed by atoms with Gasteiger partial charge in [0.05, 0.1) is 19.3 Å². The molecule has 1 aliphatic heterocycles. The molecule has 0 aliphatic carbocycles. The summed E-state index contributed by atoms with van der Waals surface area (Å²) < 4.78 is 18.8. The van der Waals surface area contributed by atoms with Gasteiger partial charge in [0, 0.05) is 39.4 Å². The first kappa shape index (κ1) is 20.5. The number of hydrogen-bond donors (Lipinski definition) is 2. The summed E-state index contributed by atoms with van der Waals surface area (Å²) in [5.41, 5.74) is 2.07. The van der Waals surface area contributed by atoms with Gasteiger partial charge in [-0.3, -0.25) is 9.89 Å². The lowest BCUT2D eigenvalue weighted by Crippen LogP contribution is -2.46. The molecule has 0 spiro atoms. The maximum absolute atomic E-state index is 13.4. The second kappa shape index (κ2) is 10.4. The summed E-state index contributed by atoms with van der Waals surface area (Å²) in [4.78, 5) is 10.7. The van der Waals surface area contributed by atoms with E-state index in [1.54, 1.807) is 19.3 Å². The fourth-order valence-electron chi connectivity index (χ4n) is 3.14. The van der Waals surface area contributed by atoms with Gasteiger partial charge in [-0.1, -0.05) is 29.8 Å². The summed E-state index contributed by atoms with van der Waals surface area (Å²) in [5, 5.41) is 7.13. The number of hydrogen-bond acceptors (Lipinski definition) is 4. The minimum atomic E-state index is -0.230. The van der Waals surface area contributed by atoms with Gasteiger partial charge in [-0.05, 0) is 29.3 Å². The molecule has 150 valence electrons. The maximum atomic E-state index is 13.4. The Bertz CT molecular complexity index is 763. The lowest BCUT2D eigenvalue weighted by atomic mass is 10.0. The van der Waals surface area contributed by atoms with Crippen LogP contribution in [0, 0.1) is 5.82 Å². The van der Waals surface area contributed by atoms with E-state index in [0.717, 1.165) is 24.2 Å². The van der Waals surface area contributed by atoms with Crippen LogP contribution in [0.15, 0.2) is 47.6 Å². The topological polar surface area (TPSA) is 61.8 Å². The van der Waals surface area contributed by atoms with Crippen molar-refractivity contribution in [3.8, 4) is 0 Å². The number of ether oxygens (including phenoxy) is 1. The van der Waals surface area contributed by atoms with Crippen molar-refractivity contribution in [2.45, 2.75) is 12.6 Å². The summed E-state index contributed by atoms with van der Waals surface area (Å²) in [6.07, 6.45) is 1.73. The molecule has 0 saturated carbocycles. The number of pyridine rings is 1. The molecule has 0 bridgehead atoms. The zero-order chi connectivity index (χ0) is 19.8. The number of benzene rings is 1. The van der Waals surface area contributed by atoms with Crippen LogP contribution in [-0.4, -0.2) is 55.7 Å². The molecule has 1 unspecified atom stereocenters. The Morgan fingerprint density at radius 2 is 1.96 bits per heavy atom. The molecule has 1 saturated heterocycles. The van der Waals surface area contributed by atoms with Gasteiger partial charge in [0.1, 0.15) is 11.0 Å². The molecule has 28 heavy (non-hydrogen) atoms. The first-order valence-corrected chi connectivity index (χ1v) is 9.65. The van der Waals surface area contributed by atoms with Gasteiger partial charge in [-0.25, -0.2) is 9.37 Å². The van der Waals surface area contributed by atoms with Gasteiger partial charge in [0.25, 0.3) is 0 Å². The summed E-state index contributed by atoms with van der Waals surface area (Å²) in [6.45, 7) is 4.31. The van der Waals surface area contributed by atoms with Crippen LogP contribution in [0.25, 0.3) is 0 Å². The maximum Gasteiger partial charge on any atom is 0.191 e. The quantitative estimate of drug-likeness (QED) is 0.439. The SMILES string of the molecule is CN=C(NCc1ccc(Cl)nc1)NCC(c1ccc(F)cc1)N1CCOCC1. The third-order valence-corrected chi connectivity index (χ3v) is 4.90. The highest BCUT2D eigenvalue weighted by molar-refractivity contribution is 6.29. The molecule has 0 radical (unpaired) electrons. The number of morpholine rings is 1. The first-order valence-electron chi connectivity index (χ1n) is 9.28. The van der Waals surface area contributed by atoms with E-state index in [9.17, 15) is 4.39 Å². The monoisotopic (exact) mass is 405 g/mol. The van der Waals surface area contributed by atoms with E-state index in [-0.39, 0.29) is 11.9 Å². The minimum Gasteiger partial charge on any atom is -0.379 e. The summed E-state index contributed by atoms with van der Waals surface area (Å²) in [6, 6.07) is 10.5. The van der Waals surface area contributed by atoms with Crippen molar-refractivity contribution in [1.82, 2.24) is 20.5 Å². The van der Waals surface area contributed by atoms with Crippen molar-refractivity contribution >= 4 is 17.6 Å². The standard InChI is InChI=1S/C20H25ClFN5O/c1-23-20(25-13-15-2-7-19(21)24-12-15)26-14-18(27-8-10-28-11-9-27)16-3-5-17(22)6-4-16/h2-7,12,18H,8-11,13-14H2,1H3,(H2,23,25,26). The van der Waals surface area contributed by atoms with E-state index < -0.39 is 0 Å². The highest BCUT2D eigenvalue weighted by Crippen LogP contribution is 2.21. The second-order valence-electron chi connectivity index (χ2n) is 6.51.